The van der Waals surface area contributed by atoms with E-state index >= 15 is 0 Å². The van der Waals surface area contributed by atoms with Crippen LogP contribution in [0.15, 0.2) is 0 Å². The minimum Gasteiger partial charge on any atom is -0.313 e. The van der Waals surface area contributed by atoms with Crippen LogP contribution in [-0.2, 0) is 0 Å². The molecule has 0 aromatic heterocycles. The van der Waals surface area contributed by atoms with Crippen LogP contribution >= 0.6 is 0 Å². The number of nitrogens with one attached hydrogen (secondary N) is 1. The van der Waals surface area contributed by atoms with Crippen LogP contribution < -0.4 is 5.32 Å². The molecule has 0 aromatic rings. The van der Waals surface area contributed by atoms with Crippen molar-refractivity contribution >= 4 is 0 Å². The molecule has 2 aliphatic rings. The van der Waals surface area contributed by atoms with Gasteiger partial charge in [-0.1, -0.05) is 40.0 Å². The Hall–Kier alpha value is -0.0400. The highest BCUT2D eigenvalue weighted by Crippen LogP contribution is 2.47. The molecular weight excluding hydrogens is 170 g/mol. The minimum absolute atomic E-state index is 0.489. The summed E-state index contributed by atoms with van der Waals surface area (Å²) < 4.78 is 0. The first kappa shape index (κ1) is 10.5. The summed E-state index contributed by atoms with van der Waals surface area (Å²) in [7, 11) is 0. The average molecular weight is 195 g/mol. The lowest BCUT2D eigenvalue weighted by Gasteiger charge is -2.54. The first-order valence-electron chi connectivity index (χ1n) is 6.25. The highest BCUT2D eigenvalue weighted by Gasteiger charge is 2.47. The predicted octanol–water partition coefficient (Wildman–Crippen LogP) is 3.34. The third kappa shape index (κ3) is 1.98. The van der Waals surface area contributed by atoms with Crippen molar-refractivity contribution in [2.45, 2.75) is 65.3 Å². The summed E-state index contributed by atoms with van der Waals surface area (Å²) in [5.41, 5.74) is 1.20. The molecule has 0 bridgehead atoms. The second kappa shape index (κ2) is 3.52. The smallest absolute Gasteiger partial charge is 0.0141 e. The van der Waals surface area contributed by atoms with Crippen LogP contribution in [0, 0.1) is 10.8 Å². The van der Waals surface area contributed by atoms with E-state index in [1.807, 2.05) is 0 Å². The number of hydrogen-bond acceptors (Lipinski definition) is 1. The highest BCUT2D eigenvalue weighted by atomic mass is 15.0. The van der Waals surface area contributed by atoms with Gasteiger partial charge >= 0.3 is 0 Å². The van der Waals surface area contributed by atoms with Gasteiger partial charge in [0, 0.05) is 12.6 Å². The maximum Gasteiger partial charge on any atom is 0.0141 e. The Bertz CT molecular complexity index is 196. The maximum absolute atomic E-state index is 3.66. The van der Waals surface area contributed by atoms with E-state index in [4.69, 9.17) is 0 Å². The first-order valence-corrected chi connectivity index (χ1v) is 6.25. The zero-order valence-electron chi connectivity index (χ0n) is 10.0. The summed E-state index contributed by atoms with van der Waals surface area (Å²) in [6.07, 6.45) is 8.75. The molecule has 82 valence electrons. The number of rotatable bonds is 1. The molecule has 0 aromatic carbocycles. The average Bonchev–Trinajstić information content (AvgIpc) is 2.13. The molecule has 1 atom stereocenters. The summed E-state index contributed by atoms with van der Waals surface area (Å²) >= 11 is 0. The van der Waals surface area contributed by atoms with Crippen molar-refractivity contribution in [1.29, 1.82) is 0 Å². The Morgan fingerprint density at radius 1 is 1.14 bits per heavy atom. The second-order valence-corrected chi connectivity index (χ2v) is 6.62. The molecule has 14 heavy (non-hydrogen) atoms. The van der Waals surface area contributed by atoms with Crippen molar-refractivity contribution < 1.29 is 0 Å². The van der Waals surface area contributed by atoms with E-state index in [9.17, 15) is 0 Å². The van der Waals surface area contributed by atoms with Crippen molar-refractivity contribution in [3.8, 4) is 0 Å². The van der Waals surface area contributed by atoms with Crippen LogP contribution in [0.25, 0.3) is 0 Å². The molecule has 1 saturated heterocycles. The fraction of sp³-hybridized carbons (Fsp3) is 1.00. The fourth-order valence-corrected chi connectivity index (χ4v) is 3.22. The van der Waals surface area contributed by atoms with E-state index in [0.29, 0.717) is 10.8 Å². The standard InChI is InChI=1S/C13H25N/c1-12(2,3)9-11-13(10-14-11)7-5-4-6-8-13/h11,14H,4-10H2,1-3H3. The zero-order chi connectivity index (χ0) is 10.2. The monoisotopic (exact) mass is 195 g/mol. The zero-order valence-corrected chi connectivity index (χ0v) is 10.0. The number of hydrogen-bond donors (Lipinski definition) is 1. The van der Waals surface area contributed by atoms with Gasteiger partial charge < -0.3 is 5.32 Å². The molecule has 1 unspecified atom stereocenters. The van der Waals surface area contributed by atoms with Gasteiger partial charge in [-0.15, -0.1) is 0 Å². The third-order valence-corrected chi connectivity index (χ3v) is 4.11. The Morgan fingerprint density at radius 2 is 1.79 bits per heavy atom. The van der Waals surface area contributed by atoms with Crippen LogP contribution in [0.5, 0.6) is 0 Å². The van der Waals surface area contributed by atoms with Crippen molar-refractivity contribution in [3.63, 3.8) is 0 Å². The van der Waals surface area contributed by atoms with Crippen molar-refractivity contribution in [2.24, 2.45) is 10.8 Å². The lowest BCUT2D eigenvalue weighted by molar-refractivity contribution is 0.0142. The predicted molar refractivity (Wildman–Crippen MR) is 61.4 cm³/mol. The van der Waals surface area contributed by atoms with E-state index in [1.165, 1.54) is 45.1 Å². The van der Waals surface area contributed by atoms with Crippen molar-refractivity contribution in [2.75, 3.05) is 6.54 Å². The van der Waals surface area contributed by atoms with Gasteiger partial charge in [-0.2, -0.15) is 0 Å². The normalized spacial score (nSPS) is 31.5. The van der Waals surface area contributed by atoms with Gasteiger partial charge in [0.1, 0.15) is 0 Å². The summed E-state index contributed by atoms with van der Waals surface area (Å²) in [5, 5.41) is 3.66. The SMILES string of the molecule is CC(C)(C)CC1NCC12CCCCC2. The summed E-state index contributed by atoms with van der Waals surface area (Å²) in [6.45, 7) is 8.39. The van der Waals surface area contributed by atoms with Crippen LogP contribution in [0.3, 0.4) is 0 Å². The van der Waals surface area contributed by atoms with Crippen molar-refractivity contribution in [1.82, 2.24) is 5.32 Å². The highest BCUT2D eigenvalue weighted by molar-refractivity contribution is 5.04. The molecule has 1 N–H and O–H groups in total. The quantitative estimate of drug-likeness (QED) is 0.676. The fourth-order valence-electron chi connectivity index (χ4n) is 3.22. The van der Waals surface area contributed by atoms with E-state index < -0.39 is 0 Å². The van der Waals surface area contributed by atoms with Crippen LogP contribution in [0.1, 0.15) is 59.3 Å². The van der Waals surface area contributed by atoms with E-state index in [1.54, 1.807) is 0 Å². The van der Waals surface area contributed by atoms with Crippen LogP contribution in [0.2, 0.25) is 0 Å². The Labute approximate surface area is 88.7 Å². The van der Waals surface area contributed by atoms with E-state index in [-0.39, 0.29) is 0 Å². The molecule has 2 rings (SSSR count). The lowest BCUT2D eigenvalue weighted by atomic mass is 9.61. The van der Waals surface area contributed by atoms with Gasteiger partial charge in [0.15, 0.2) is 0 Å². The Balaban J connectivity index is 1.94. The third-order valence-electron chi connectivity index (χ3n) is 4.11. The molecule has 0 amide bonds. The molecule has 1 aliphatic carbocycles. The second-order valence-electron chi connectivity index (χ2n) is 6.62. The van der Waals surface area contributed by atoms with Gasteiger partial charge in [-0.25, -0.2) is 0 Å². The van der Waals surface area contributed by atoms with Gasteiger partial charge in [-0.3, -0.25) is 0 Å². The Kier molecular flexibility index (Phi) is 2.63. The molecule has 1 spiro atoms. The Morgan fingerprint density at radius 3 is 2.21 bits per heavy atom. The maximum atomic E-state index is 3.66. The molecule has 1 heterocycles. The van der Waals surface area contributed by atoms with E-state index in [2.05, 4.69) is 26.1 Å². The van der Waals surface area contributed by atoms with Gasteiger partial charge in [0.25, 0.3) is 0 Å². The lowest BCUT2D eigenvalue weighted by Crippen LogP contribution is -2.63. The molecule has 1 heteroatoms. The summed E-state index contributed by atoms with van der Waals surface area (Å²) in [4.78, 5) is 0. The molecule has 1 aliphatic heterocycles. The van der Waals surface area contributed by atoms with Gasteiger partial charge in [0.05, 0.1) is 0 Å². The molecule has 1 saturated carbocycles. The first-order chi connectivity index (χ1) is 6.52. The largest absolute Gasteiger partial charge is 0.313 e. The minimum atomic E-state index is 0.489. The molecular formula is C13H25N. The van der Waals surface area contributed by atoms with Crippen molar-refractivity contribution in [3.05, 3.63) is 0 Å². The molecule has 2 fully saturated rings. The van der Waals surface area contributed by atoms with Gasteiger partial charge in [-0.05, 0) is 30.1 Å². The molecule has 1 nitrogen and oxygen atoms in total. The molecule has 0 radical (unpaired) electrons. The topological polar surface area (TPSA) is 12.0 Å². The summed E-state index contributed by atoms with van der Waals surface area (Å²) in [5.74, 6) is 0. The summed E-state index contributed by atoms with van der Waals surface area (Å²) in [6, 6.07) is 0.822. The van der Waals surface area contributed by atoms with Crippen LogP contribution in [-0.4, -0.2) is 12.6 Å². The van der Waals surface area contributed by atoms with Gasteiger partial charge in [0.2, 0.25) is 0 Å². The van der Waals surface area contributed by atoms with Crippen LogP contribution in [0.4, 0.5) is 0 Å². The van der Waals surface area contributed by atoms with E-state index in [0.717, 1.165) is 6.04 Å².